The number of anilines is 1. The SMILES string of the molecule is CC(C)N(C)CCNc1n[nH]c(=O)[nH]c1=O. The Morgan fingerprint density at radius 3 is 2.69 bits per heavy atom. The number of nitrogens with zero attached hydrogens (tertiary/aromatic N) is 2. The maximum atomic E-state index is 11.2. The van der Waals surface area contributed by atoms with Crippen molar-refractivity contribution in [3.05, 3.63) is 20.8 Å². The average molecular weight is 227 g/mol. The van der Waals surface area contributed by atoms with E-state index in [0.29, 0.717) is 12.6 Å². The summed E-state index contributed by atoms with van der Waals surface area (Å²) in [5.41, 5.74) is -1.11. The van der Waals surface area contributed by atoms with Crippen molar-refractivity contribution in [2.45, 2.75) is 19.9 Å². The van der Waals surface area contributed by atoms with Gasteiger partial charge >= 0.3 is 5.69 Å². The molecule has 0 aliphatic heterocycles. The van der Waals surface area contributed by atoms with Gasteiger partial charge in [-0.1, -0.05) is 0 Å². The summed E-state index contributed by atoms with van der Waals surface area (Å²) in [5.74, 6) is 0.136. The second-order valence-electron chi connectivity index (χ2n) is 3.86. The molecular weight excluding hydrogens is 210 g/mol. The highest BCUT2D eigenvalue weighted by atomic mass is 16.2. The lowest BCUT2D eigenvalue weighted by atomic mass is 10.3. The summed E-state index contributed by atoms with van der Waals surface area (Å²) in [7, 11) is 2.00. The van der Waals surface area contributed by atoms with E-state index < -0.39 is 11.2 Å². The Bertz CT molecular complexity index is 436. The van der Waals surface area contributed by atoms with Gasteiger partial charge in [0, 0.05) is 19.1 Å². The summed E-state index contributed by atoms with van der Waals surface area (Å²) in [5, 5.41) is 8.63. The predicted molar refractivity (Wildman–Crippen MR) is 61.7 cm³/mol. The fraction of sp³-hybridized carbons (Fsp3) is 0.667. The van der Waals surface area contributed by atoms with Crippen LogP contribution in [0.5, 0.6) is 0 Å². The molecule has 0 radical (unpaired) electrons. The smallest absolute Gasteiger partial charge is 0.342 e. The fourth-order valence-corrected chi connectivity index (χ4v) is 1.08. The molecule has 1 rings (SSSR count). The molecule has 0 saturated heterocycles. The molecule has 0 aliphatic carbocycles. The molecule has 0 amide bonds. The Morgan fingerprint density at radius 2 is 2.12 bits per heavy atom. The van der Waals surface area contributed by atoms with Crippen LogP contribution in [-0.2, 0) is 0 Å². The highest BCUT2D eigenvalue weighted by Crippen LogP contribution is 1.93. The summed E-state index contributed by atoms with van der Waals surface area (Å²) >= 11 is 0. The Labute approximate surface area is 92.9 Å². The first-order valence-corrected chi connectivity index (χ1v) is 5.14. The maximum Gasteiger partial charge on any atom is 0.342 e. The van der Waals surface area contributed by atoms with Crippen LogP contribution in [0.1, 0.15) is 13.8 Å². The maximum absolute atomic E-state index is 11.2. The van der Waals surface area contributed by atoms with Crippen LogP contribution in [0, 0.1) is 0 Å². The van der Waals surface area contributed by atoms with Gasteiger partial charge in [-0.25, -0.2) is 9.89 Å². The van der Waals surface area contributed by atoms with E-state index in [4.69, 9.17) is 0 Å². The van der Waals surface area contributed by atoms with Gasteiger partial charge in [0.05, 0.1) is 0 Å². The van der Waals surface area contributed by atoms with Crippen molar-refractivity contribution in [1.29, 1.82) is 0 Å². The molecule has 0 saturated carbocycles. The number of aromatic amines is 2. The molecule has 0 aromatic carbocycles. The van der Waals surface area contributed by atoms with Crippen molar-refractivity contribution in [2.75, 3.05) is 25.5 Å². The van der Waals surface area contributed by atoms with Crippen molar-refractivity contribution < 1.29 is 0 Å². The van der Waals surface area contributed by atoms with Gasteiger partial charge in [-0.15, -0.1) is 5.10 Å². The van der Waals surface area contributed by atoms with E-state index in [0.717, 1.165) is 6.54 Å². The van der Waals surface area contributed by atoms with Crippen LogP contribution in [0.25, 0.3) is 0 Å². The summed E-state index contributed by atoms with van der Waals surface area (Å²) in [6.45, 7) is 5.56. The third kappa shape index (κ3) is 3.50. The molecule has 1 heterocycles. The number of likely N-dealkylation sites (N-methyl/N-ethyl adjacent to an activating group) is 1. The van der Waals surface area contributed by atoms with Crippen LogP contribution in [0.15, 0.2) is 9.59 Å². The molecular formula is C9H17N5O2. The number of hydrogen-bond donors (Lipinski definition) is 3. The monoisotopic (exact) mass is 227 g/mol. The Morgan fingerprint density at radius 1 is 1.44 bits per heavy atom. The molecule has 1 aromatic rings. The molecule has 0 spiro atoms. The standard InChI is InChI=1S/C9H17N5O2/c1-6(2)14(3)5-4-10-7-8(15)11-9(16)13-12-7/h6H,4-5H2,1-3H3,(H,10,12)(H2,11,13,15,16). The van der Waals surface area contributed by atoms with Gasteiger partial charge in [-0.2, -0.15) is 0 Å². The molecule has 3 N–H and O–H groups in total. The molecule has 0 fully saturated rings. The predicted octanol–water partition coefficient (Wildman–Crippen LogP) is -0.790. The van der Waals surface area contributed by atoms with Crippen molar-refractivity contribution in [3.63, 3.8) is 0 Å². The Hall–Kier alpha value is -1.63. The van der Waals surface area contributed by atoms with E-state index in [9.17, 15) is 9.59 Å². The second-order valence-corrected chi connectivity index (χ2v) is 3.86. The molecule has 16 heavy (non-hydrogen) atoms. The fourth-order valence-electron chi connectivity index (χ4n) is 1.08. The number of nitrogens with one attached hydrogen (secondary N) is 3. The third-order valence-corrected chi connectivity index (χ3v) is 2.35. The van der Waals surface area contributed by atoms with Crippen LogP contribution in [0.2, 0.25) is 0 Å². The first-order chi connectivity index (χ1) is 7.50. The number of hydrogen-bond acceptors (Lipinski definition) is 5. The van der Waals surface area contributed by atoms with Crippen molar-refractivity contribution in [3.8, 4) is 0 Å². The zero-order chi connectivity index (χ0) is 12.1. The minimum Gasteiger partial charge on any atom is -0.363 e. The first kappa shape index (κ1) is 12.4. The minimum atomic E-state index is -0.602. The molecule has 0 unspecified atom stereocenters. The van der Waals surface area contributed by atoms with Crippen LogP contribution in [0.3, 0.4) is 0 Å². The van der Waals surface area contributed by atoms with Crippen molar-refractivity contribution in [1.82, 2.24) is 20.1 Å². The Kier molecular flexibility index (Phi) is 4.24. The Balaban J connectivity index is 2.50. The van der Waals surface area contributed by atoms with Crippen molar-refractivity contribution in [2.24, 2.45) is 0 Å². The molecule has 0 aliphatic rings. The first-order valence-electron chi connectivity index (χ1n) is 5.14. The summed E-state index contributed by atoms with van der Waals surface area (Å²) in [6, 6.07) is 0.448. The molecule has 1 aromatic heterocycles. The van der Waals surface area contributed by atoms with E-state index in [1.54, 1.807) is 0 Å². The van der Waals surface area contributed by atoms with Gasteiger partial charge in [0.25, 0.3) is 5.56 Å². The van der Waals surface area contributed by atoms with Crippen LogP contribution in [-0.4, -0.2) is 46.3 Å². The highest BCUT2D eigenvalue weighted by Gasteiger charge is 2.04. The van der Waals surface area contributed by atoms with E-state index in [1.165, 1.54) is 0 Å². The van der Waals surface area contributed by atoms with Gasteiger partial charge in [0.1, 0.15) is 0 Å². The quantitative estimate of drug-likeness (QED) is 0.613. The lowest BCUT2D eigenvalue weighted by molar-refractivity contribution is 0.284. The normalized spacial score (nSPS) is 11.1. The van der Waals surface area contributed by atoms with E-state index in [2.05, 4.69) is 39.2 Å². The number of aromatic nitrogens is 3. The molecule has 0 bridgehead atoms. The lowest BCUT2D eigenvalue weighted by Crippen LogP contribution is -2.33. The van der Waals surface area contributed by atoms with Crippen LogP contribution < -0.4 is 16.6 Å². The molecule has 0 atom stereocenters. The summed E-state index contributed by atoms with van der Waals surface area (Å²) in [4.78, 5) is 26.2. The highest BCUT2D eigenvalue weighted by molar-refractivity contribution is 5.28. The van der Waals surface area contributed by atoms with Gasteiger partial charge in [-0.05, 0) is 20.9 Å². The second kappa shape index (κ2) is 5.45. The molecule has 90 valence electrons. The van der Waals surface area contributed by atoms with Crippen molar-refractivity contribution >= 4 is 5.82 Å². The zero-order valence-electron chi connectivity index (χ0n) is 9.70. The van der Waals surface area contributed by atoms with Gasteiger partial charge in [-0.3, -0.25) is 9.78 Å². The van der Waals surface area contributed by atoms with Gasteiger partial charge in [0.15, 0.2) is 0 Å². The summed E-state index contributed by atoms with van der Waals surface area (Å²) < 4.78 is 0. The minimum absolute atomic E-state index is 0.136. The molecule has 7 heteroatoms. The van der Waals surface area contributed by atoms with Crippen LogP contribution >= 0.6 is 0 Å². The van der Waals surface area contributed by atoms with Crippen LogP contribution in [0.4, 0.5) is 5.82 Å². The molecule has 7 nitrogen and oxygen atoms in total. The van der Waals surface area contributed by atoms with E-state index >= 15 is 0 Å². The van der Waals surface area contributed by atoms with E-state index in [1.807, 2.05) is 7.05 Å². The van der Waals surface area contributed by atoms with Gasteiger partial charge in [0.2, 0.25) is 5.82 Å². The number of H-pyrrole nitrogens is 2. The zero-order valence-corrected chi connectivity index (χ0v) is 9.70. The topological polar surface area (TPSA) is 93.9 Å². The largest absolute Gasteiger partial charge is 0.363 e. The van der Waals surface area contributed by atoms with Gasteiger partial charge < -0.3 is 10.2 Å². The van der Waals surface area contributed by atoms with E-state index in [-0.39, 0.29) is 5.82 Å². The third-order valence-electron chi connectivity index (χ3n) is 2.35. The lowest BCUT2D eigenvalue weighted by Gasteiger charge is -2.20. The summed E-state index contributed by atoms with van der Waals surface area (Å²) in [6.07, 6.45) is 0. The average Bonchev–Trinajstić information content (AvgIpc) is 2.20. The number of rotatable bonds is 5.